The first kappa shape index (κ1) is 17.1. The molecule has 0 saturated carbocycles. The Bertz CT molecular complexity index is 731. The maximum atomic E-state index is 12.2. The van der Waals surface area contributed by atoms with Crippen molar-refractivity contribution >= 4 is 23.2 Å². The maximum absolute atomic E-state index is 12.2. The number of nitrogens with one attached hydrogen (secondary N) is 1. The van der Waals surface area contributed by atoms with Crippen LogP contribution in [0.1, 0.15) is 5.56 Å². The molecule has 2 aromatic rings. The van der Waals surface area contributed by atoms with E-state index in [9.17, 15) is 9.59 Å². The fraction of sp³-hybridized carbons (Fsp3) is 0.263. The SMILES string of the molecule is NC(Cc1ccccc1)C(=O)Nc1ccc(N2CCOCC2=O)cc1. The molecule has 0 bridgehead atoms. The average Bonchev–Trinajstić information content (AvgIpc) is 2.64. The van der Waals surface area contributed by atoms with Crippen LogP contribution in [0.4, 0.5) is 11.4 Å². The summed E-state index contributed by atoms with van der Waals surface area (Å²) in [4.78, 5) is 25.8. The molecule has 0 aliphatic carbocycles. The highest BCUT2D eigenvalue weighted by Crippen LogP contribution is 2.19. The van der Waals surface area contributed by atoms with Crippen LogP contribution in [0.15, 0.2) is 54.6 Å². The van der Waals surface area contributed by atoms with Gasteiger partial charge in [-0.15, -0.1) is 0 Å². The Kier molecular flexibility index (Phi) is 5.42. The molecule has 3 N–H and O–H groups in total. The van der Waals surface area contributed by atoms with Crippen LogP contribution >= 0.6 is 0 Å². The Morgan fingerprint density at radius 3 is 2.56 bits per heavy atom. The molecule has 1 aliphatic heterocycles. The largest absolute Gasteiger partial charge is 0.370 e. The van der Waals surface area contributed by atoms with Crippen molar-refractivity contribution in [3.63, 3.8) is 0 Å². The first-order valence-electron chi connectivity index (χ1n) is 8.22. The average molecular weight is 339 g/mol. The Balaban J connectivity index is 1.59. The number of amides is 2. The third-order valence-corrected chi connectivity index (χ3v) is 4.07. The summed E-state index contributed by atoms with van der Waals surface area (Å²) in [6.45, 7) is 1.16. The van der Waals surface area contributed by atoms with Gasteiger partial charge in [-0.05, 0) is 36.2 Å². The number of hydrogen-bond acceptors (Lipinski definition) is 4. The lowest BCUT2D eigenvalue weighted by Gasteiger charge is -2.27. The minimum absolute atomic E-state index is 0.0621. The molecule has 1 fully saturated rings. The molecular formula is C19H21N3O3. The summed E-state index contributed by atoms with van der Waals surface area (Å²) in [6, 6.07) is 16.2. The quantitative estimate of drug-likeness (QED) is 0.866. The lowest BCUT2D eigenvalue weighted by Crippen LogP contribution is -2.41. The van der Waals surface area contributed by atoms with Gasteiger partial charge in [0.15, 0.2) is 0 Å². The van der Waals surface area contributed by atoms with Crippen LogP contribution in [0, 0.1) is 0 Å². The molecule has 2 aromatic carbocycles. The molecule has 2 amide bonds. The number of hydrogen-bond donors (Lipinski definition) is 2. The summed E-state index contributed by atoms with van der Waals surface area (Å²) in [5.74, 6) is -0.299. The van der Waals surface area contributed by atoms with Crippen molar-refractivity contribution < 1.29 is 14.3 Å². The van der Waals surface area contributed by atoms with Crippen LogP contribution in [-0.4, -0.2) is 37.6 Å². The van der Waals surface area contributed by atoms with Crippen LogP contribution in [0.25, 0.3) is 0 Å². The standard InChI is InChI=1S/C19H21N3O3/c20-17(12-14-4-2-1-3-5-14)19(24)21-15-6-8-16(9-7-15)22-10-11-25-13-18(22)23/h1-9,17H,10-13,20H2,(H,21,24). The maximum Gasteiger partial charge on any atom is 0.253 e. The topological polar surface area (TPSA) is 84.7 Å². The van der Waals surface area contributed by atoms with Gasteiger partial charge >= 0.3 is 0 Å². The van der Waals surface area contributed by atoms with Crippen LogP contribution in [0.3, 0.4) is 0 Å². The molecule has 25 heavy (non-hydrogen) atoms. The molecule has 1 heterocycles. The molecule has 130 valence electrons. The van der Waals surface area contributed by atoms with E-state index >= 15 is 0 Å². The summed E-state index contributed by atoms with van der Waals surface area (Å²) in [5, 5.41) is 2.81. The summed E-state index contributed by atoms with van der Waals surface area (Å²) >= 11 is 0. The zero-order valence-corrected chi connectivity index (χ0v) is 13.9. The smallest absolute Gasteiger partial charge is 0.253 e. The van der Waals surface area contributed by atoms with Crippen LogP contribution in [0.2, 0.25) is 0 Å². The number of carbonyl (C=O) groups is 2. The van der Waals surface area contributed by atoms with Crippen molar-refractivity contribution in [2.45, 2.75) is 12.5 Å². The first-order valence-corrected chi connectivity index (χ1v) is 8.22. The minimum Gasteiger partial charge on any atom is -0.370 e. The van der Waals surface area contributed by atoms with E-state index in [-0.39, 0.29) is 18.4 Å². The molecule has 1 saturated heterocycles. The summed E-state index contributed by atoms with van der Waals surface area (Å²) in [7, 11) is 0. The number of nitrogens with zero attached hydrogens (tertiary/aromatic N) is 1. The number of nitrogens with two attached hydrogens (primary N) is 1. The molecule has 6 nitrogen and oxygen atoms in total. The van der Waals surface area contributed by atoms with Crippen molar-refractivity contribution in [2.24, 2.45) is 5.73 Å². The number of carbonyl (C=O) groups excluding carboxylic acids is 2. The fourth-order valence-electron chi connectivity index (χ4n) is 2.71. The van der Waals surface area contributed by atoms with Gasteiger partial charge in [-0.2, -0.15) is 0 Å². The molecule has 1 aliphatic rings. The normalized spacial score (nSPS) is 15.7. The highest BCUT2D eigenvalue weighted by molar-refractivity contribution is 5.96. The minimum atomic E-state index is -0.622. The molecule has 1 unspecified atom stereocenters. The van der Waals surface area contributed by atoms with Crippen molar-refractivity contribution in [1.82, 2.24) is 0 Å². The Labute approximate surface area is 146 Å². The van der Waals surface area contributed by atoms with E-state index in [1.54, 1.807) is 17.0 Å². The van der Waals surface area contributed by atoms with Crippen molar-refractivity contribution in [3.05, 3.63) is 60.2 Å². The third kappa shape index (κ3) is 4.43. The van der Waals surface area contributed by atoms with Crippen molar-refractivity contribution in [3.8, 4) is 0 Å². The number of anilines is 2. The molecule has 0 aromatic heterocycles. The van der Waals surface area contributed by atoms with Gasteiger partial charge < -0.3 is 20.7 Å². The van der Waals surface area contributed by atoms with Crippen molar-refractivity contribution in [2.75, 3.05) is 30.0 Å². The molecule has 1 atom stereocenters. The third-order valence-electron chi connectivity index (χ3n) is 4.07. The van der Waals surface area contributed by atoms with Gasteiger partial charge in [-0.25, -0.2) is 0 Å². The van der Waals surface area contributed by atoms with Gasteiger partial charge in [0, 0.05) is 17.9 Å². The predicted octanol–water partition coefficient (Wildman–Crippen LogP) is 1.56. The van der Waals surface area contributed by atoms with E-state index in [0.717, 1.165) is 11.3 Å². The second-order valence-electron chi connectivity index (χ2n) is 5.93. The molecule has 6 heteroatoms. The van der Waals surface area contributed by atoms with Gasteiger partial charge in [0.25, 0.3) is 5.91 Å². The fourth-order valence-corrected chi connectivity index (χ4v) is 2.71. The zero-order valence-electron chi connectivity index (χ0n) is 13.9. The second-order valence-corrected chi connectivity index (χ2v) is 5.93. The summed E-state index contributed by atoms with van der Waals surface area (Å²) < 4.78 is 5.12. The van der Waals surface area contributed by atoms with Gasteiger partial charge in [0.05, 0.1) is 12.6 Å². The van der Waals surface area contributed by atoms with E-state index in [2.05, 4.69) is 5.32 Å². The Morgan fingerprint density at radius 2 is 1.88 bits per heavy atom. The van der Waals surface area contributed by atoms with E-state index < -0.39 is 6.04 Å². The molecule has 3 rings (SSSR count). The monoisotopic (exact) mass is 339 g/mol. The molecular weight excluding hydrogens is 318 g/mol. The molecule has 0 radical (unpaired) electrons. The van der Waals surface area contributed by atoms with E-state index in [4.69, 9.17) is 10.5 Å². The van der Waals surface area contributed by atoms with Gasteiger partial charge in [-0.1, -0.05) is 30.3 Å². The van der Waals surface area contributed by atoms with Crippen LogP contribution < -0.4 is 16.0 Å². The van der Waals surface area contributed by atoms with Crippen molar-refractivity contribution in [1.29, 1.82) is 0 Å². The lowest BCUT2D eigenvalue weighted by molar-refractivity contribution is -0.125. The summed E-state index contributed by atoms with van der Waals surface area (Å²) in [6.07, 6.45) is 0.479. The Morgan fingerprint density at radius 1 is 1.16 bits per heavy atom. The van der Waals surface area contributed by atoms with E-state index in [0.29, 0.717) is 25.3 Å². The van der Waals surface area contributed by atoms with Gasteiger partial charge in [0.1, 0.15) is 6.61 Å². The summed E-state index contributed by atoms with van der Waals surface area (Å²) in [5.41, 5.74) is 8.45. The van der Waals surface area contributed by atoms with Crippen LogP contribution in [-0.2, 0) is 20.7 Å². The van der Waals surface area contributed by atoms with Gasteiger partial charge in [-0.3, -0.25) is 9.59 Å². The number of benzene rings is 2. The Hall–Kier alpha value is -2.70. The first-order chi connectivity index (χ1) is 12.1. The predicted molar refractivity (Wildman–Crippen MR) is 96.4 cm³/mol. The van der Waals surface area contributed by atoms with E-state index in [1.807, 2.05) is 42.5 Å². The number of rotatable bonds is 5. The van der Waals surface area contributed by atoms with Gasteiger partial charge in [0.2, 0.25) is 5.91 Å². The number of morpholine rings is 1. The molecule has 0 spiro atoms. The second kappa shape index (κ2) is 7.92. The van der Waals surface area contributed by atoms with E-state index in [1.165, 1.54) is 0 Å². The number of ether oxygens (including phenoxy) is 1. The highest BCUT2D eigenvalue weighted by Gasteiger charge is 2.20. The highest BCUT2D eigenvalue weighted by atomic mass is 16.5. The van der Waals surface area contributed by atoms with Crippen LogP contribution in [0.5, 0.6) is 0 Å². The lowest BCUT2D eigenvalue weighted by atomic mass is 10.1. The zero-order chi connectivity index (χ0) is 17.6.